The first-order valence-electron chi connectivity index (χ1n) is 9.03. The molecule has 0 aliphatic heterocycles. The summed E-state index contributed by atoms with van der Waals surface area (Å²) in [5, 5.41) is 10.8. The number of aliphatic hydroxyl groups is 1. The molecule has 5 unspecified atom stereocenters. The molecule has 0 amide bonds. The van der Waals surface area contributed by atoms with Gasteiger partial charge in [-0.25, -0.2) is 0 Å². The normalized spacial score (nSPS) is 48.7. The van der Waals surface area contributed by atoms with Gasteiger partial charge in [0.15, 0.2) is 0 Å². The molecule has 0 aromatic carbocycles. The van der Waals surface area contributed by atoms with Crippen molar-refractivity contribution >= 4 is 11.9 Å². The van der Waals surface area contributed by atoms with E-state index < -0.39 is 6.10 Å². The third-order valence-corrected chi connectivity index (χ3v) is 7.28. The molecule has 4 fully saturated rings. The average molecular weight is 338 g/mol. The first-order chi connectivity index (χ1) is 11.0. The second-order valence-corrected chi connectivity index (χ2v) is 8.98. The number of carbonyl (C=O) groups is 2. The van der Waals surface area contributed by atoms with Crippen LogP contribution < -0.4 is 0 Å². The lowest BCUT2D eigenvalue weighted by atomic mass is 9.35. The lowest BCUT2D eigenvalue weighted by Crippen LogP contribution is -2.71. The van der Waals surface area contributed by atoms with Crippen molar-refractivity contribution < 1.29 is 24.2 Å². The molecular formula is C19H30O5. The third kappa shape index (κ3) is 2.23. The maximum absolute atomic E-state index is 11.7. The third-order valence-electron chi connectivity index (χ3n) is 7.28. The molecule has 24 heavy (non-hydrogen) atoms. The van der Waals surface area contributed by atoms with Gasteiger partial charge in [-0.1, -0.05) is 27.7 Å². The summed E-state index contributed by atoms with van der Waals surface area (Å²) < 4.78 is 11.4. The van der Waals surface area contributed by atoms with Gasteiger partial charge in [-0.15, -0.1) is 0 Å². The highest BCUT2D eigenvalue weighted by Gasteiger charge is 2.75. The number of hydrogen-bond acceptors (Lipinski definition) is 5. The summed E-state index contributed by atoms with van der Waals surface area (Å²) in [6.07, 6.45) is 0.267. The molecule has 0 aromatic heterocycles. The van der Waals surface area contributed by atoms with Crippen molar-refractivity contribution in [3.8, 4) is 0 Å². The van der Waals surface area contributed by atoms with Crippen LogP contribution in [-0.2, 0) is 19.1 Å². The molecular weight excluding hydrogens is 308 g/mol. The number of ether oxygens (including phenoxy) is 2. The Balaban J connectivity index is 2.07. The molecule has 4 rings (SSSR count). The second-order valence-electron chi connectivity index (χ2n) is 8.98. The molecule has 0 spiro atoms. The summed E-state index contributed by atoms with van der Waals surface area (Å²) in [5.74, 6) is 0.452. The molecule has 5 heteroatoms. The van der Waals surface area contributed by atoms with Crippen LogP contribution in [0.3, 0.4) is 0 Å². The number of hydrogen-bond donors (Lipinski definition) is 1. The van der Waals surface area contributed by atoms with E-state index in [0.29, 0.717) is 18.3 Å². The van der Waals surface area contributed by atoms with Gasteiger partial charge in [-0.05, 0) is 30.1 Å². The molecule has 4 bridgehead atoms. The molecule has 1 N–H and O–H groups in total. The summed E-state index contributed by atoms with van der Waals surface area (Å²) >= 11 is 0. The van der Waals surface area contributed by atoms with Crippen LogP contribution >= 0.6 is 0 Å². The molecule has 4 saturated carbocycles. The second kappa shape index (κ2) is 5.45. The SMILES string of the molecule is CC(=O)O[C@@H]1C[C@@H](OC(C)=O)C2(C)C3C(O)C[C@H](C)C2C3C1(C)C. The standard InChI is InChI=1S/C19H30O5/c1-9-7-12(22)16-17-15(9)19(16,6)14(24-11(3)21)8-13(18(17,4)5)23-10(2)20/h9,12-17,22H,7-8H2,1-6H3/t9-,12?,13+,14+,15?,16?,17?,19?/m0/s1. The molecule has 0 heterocycles. The van der Waals surface area contributed by atoms with Gasteiger partial charge in [0.2, 0.25) is 0 Å². The van der Waals surface area contributed by atoms with Crippen molar-refractivity contribution in [2.24, 2.45) is 34.5 Å². The van der Waals surface area contributed by atoms with Crippen molar-refractivity contribution in [3.63, 3.8) is 0 Å². The summed E-state index contributed by atoms with van der Waals surface area (Å²) in [6, 6.07) is 0. The molecule has 8 atom stereocenters. The van der Waals surface area contributed by atoms with Crippen LogP contribution in [0.2, 0.25) is 0 Å². The van der Waals surface area contributed by atoms with Crippen LogP contribution in [0.4, 0.5) is 0 Å². The van der Waals surface area contributed by atoms with Crippen molar-refractivity contribution in [1.29, 1.82) is 0 Å². The van der Waals surface area contributed by atoms with Gasteiger partial charge in [0.25, 0.3) is 0 Å². The van der Waals surface area contributed by atoms with E-state index in [-0.39, 0.29) is 46.8 Å². The molecule has 136 valence electrons. The minimum absolute atomic E-state index is 0.0820. The Labute approximate surface area is 144 Å². The van der Waals surface area contributed by atoms with Crippen LogP contribution in [0.15, 0.2) is 0 Å². The zero-order chi connectivity index (χ0) is 18.0. The zero-order valence-electron chi connectivity index (χ0n) is 15.5. The van der Waals surface area contributed by atoms with Crippen molar-refractivity contribution in [1.82, 2.24) is 0 Å². The highest BCUT2D eigenvalue weighted by Crippen LogP contribution is 2.74. The Kier molecular flexibility index (Phi) is 4.02. The first kappa shape index (κ1) is 17.7. The van der Waals surface area contributed by atoms with E-state index in [4.69, 9.17) is 9.47 Å². The molecule has 5 nitrogen and oxygen atoms in total. The Hall–Kier alpha value is -1.10. The molecule has 0 radical (unpaired) electrons. The topological polar surface area (TPSA) is 72.8 Å². The van der Waals surface area contributed by atoms with E-state index in [1.165, 1.54) is 13.8 Å². The lowest BCUT2D eigenvalue weighted by Gasteiger charge is -2.70. The smallest absolute Gasteiger partial charge is 0.302 e. The van der Waals surface area contributed by atoms with Crippen LogP contribution in [0.5, 0.6) is 0 Å². The van der Waals surface area contributed by atoms with Crippen LogP contribution in [-0.4, -0.2) is 35.4 Å². The number of aliphatic hydroxyl groups excluding tert-OH is 1. The summed E-state index contributed by atoms with van der Waals surface area (Å²) in [6.45, 7) is 11.4. The van der Waals surface area contributed by atoms with E-state index in [1.807, 2.05) is 0 Å². The fraction of sp³-hybridized carbons (Fsp3) is 0.895. The fourth-order valence-electron chi connectivity index (χ4n) is 6.49. The number of fused-ring (bicyclic) bond motifs is 3. The Bertz CT molecular complexity index is 538. The van der Waals surface area contributed by atoms with Crippen molar-refractivity contribution in [3.05, 3.63) is 0 Å². The van der Waals surface area contributed by atoms with Gasteiger partial charge < -0.3 is 14.6 Å². The van der Waals surface area contributed by atoms with E-state index in [2.05, 4.69) is 27.7 Å². The molecule has 0 aromatic rings. The largest absolute Gasteiger partial charge is 0.462 e. The first-order valence-corrected chi connectivity index (χ1v) is 9.03. The van der Waals surface area contributed by atoms with Gasteiger partial charge in [-0.3, -0.25) is 9.59 Å². The van der Waals surface area contributed by atoms with Gasteiger partial charge in [0, 0.05) is 31.1 Å². The molecule has 0 saturated heterocycles. The molecule has 4 aliphatic rings. The van der Waals surface area contributed by atoms with Crippen LogP contribution in [0.1, 0.15) is 54.4 Å². The van der Waals surface area contributed by atoms with Gasteiger partial charge >= 0.3 is 11.9 Å². The predicted octanol–water partition coefficient (Wildman–Crippen LogP) is 2.55. The summed E-state index contributed by atoms with van der Waals surface area (Å²) in [5.41, 5.74) is -0.509. The maximum atomic E-state index is 11.7. The van der Waals surface area contributed by atoms with Crippen molar-refractivity contribution in [2.75, 3.05) is 0 Å². The van der Waals surface area contributed by atoms with Crippen LogP contribution in [0, 0.1) is 34.5 Å². The quantitative estimate of drug-likeness (QED) is 0.783. The van der Waals surface area contributed by atoms with E-state index in [9.17, 15) is 14.7 Å². The number of carbonyl (C=O) groups excluding carboxylic acids is 2. The Morgan fingerprint density at radius 3 is 1.96 bits per heavy atom. The van der Waals surface area contributed by atoms with Gasteiger partial charge in [-0.2, -0.15) is 0 Å². The fourth-order valence-corrected chi connectivity index (χ4v) is 6.49. The molecule has 4 aliphatic carbocycles. The maximum Gasteiger partial charge on any atom is 0.302 e. The van der Waals surface area contributed by atoms with Gasteiger partial charge in [0.05, 0.1) is 6.10 Å². The van der Waals surface area contributed by atoms with Crippen molar-refractivity contribution in [2.45, 2.75) is 72.7 Å². The number of esters is 2. The minimum Gasteiger partial charge on any atom is -0.462 e. The Morgan fingerprint density at radius 2 is 1.46 bits per heavy atom. The van der Waals surface area contributed by atoms with E-state index >= 15 is 0 Å². The highest BCUT2D eigenvalue weighted by molar-refractivity contribution is 5.67. The van der Waals surface area contributed by atoms with Gasteiger partial charge in [0.1, 0.15) is 12.2 Å². The minimum atomic E-state index is -0.395. The predicted molar refractivity (Wildman–Crippen MR) is 87.9 cm³/mol. The van der Waals surface area contributed by atoms with E-state index in [0.717, 1.165) is 6.42 Å². The van der Waals surface area contributed by atoms with E-state index in [1.54, 1.807) is 0 Å². The van der Waals surface area contributed by atoms with Crippen LogP contribution in [0.25, 0.3) is 0 Å². The Morgan fingerprint density at radius 1 is 0.917 bits per heavy atom. The number of rotatable bonds is 2. The average Bonchev–Trinajstić information content (AvgIpc) is 2.50. The summed E-state index contributed by atoms with van der Waals surface area (Å²) in [7, 11) is 0. The summed E-state index contributed by atoms with van der Waals surface area (Å²) in [4.78, 5) is 23.3. The zero-order valence-corrected chi connectivity index (χ0v) is 15.5. The lowest BCUT2D eigenvalue weighted by molar-refractivity contribution is -0.282. The highest BCUT2D eigenvalue weighted by atomic mass is 16.6. The monoisotopic (exact) mass is 338 g/mol.